The Morgan fingerprint density at radius 3 is 2.54 bits per heavy atom. The van der Waals surface area contributed by atoms with E-state index in [1.807, 2.05) is 35.2 Å². The average Bonchev–Trinajstić information content (AvgIpc) is 3.09. The molecule has 2 aliphatic rings. The molecule has 1 N–H and O–H groups in total. The van der Waals surface area contributed by atoms with Crippen molar-refractivity contribution in [3.63, 3.8) is 0 Å². The molecule has 2 aliphatic heterocycles. The molecule has 3 heterocycles. The molecule has 1 aromatic carbocycles. The van der Waals surface area contributed by atoms with E-state index in [1.165, 1.54) is 6.42 Å². The van der Waals surface area contributed by atoms with Gasteiger partial charge < -0.3 is 14.6 Å². The first-order chi connectivity index (χ1) is 11.8. The van der Waals surface area contributed by atoms with Gasteiger partial charge in [-0.15, -0.1) is 0 Å². The number of carbonyl (C=O) groups is 1. The molecule has 2 atom stereocenters. The smallest absolute Gasteiger partial charge is 0.289 e. The molecule has 1 aromatic heterocycles. The molecule has 4 rings (SSSR count). The molecule has 24 heavy (non-hydrogen) atoms. The van der Waals surface area contributed by atoms with E-state index in [4.69, 9.17) is 4.42 Å². The van der Waals surface area contributed by atoms with Crippen LogP contribution < -0.4 is 5.32 Å². The molecule has 122 valence electrons. The lowest BCUT2D eigenvalue weighted by atomic mass is 9.86. The van der Waals surface area contributed by atoms with Crippen molar-refractivity contribution in [1.29, 1.82) is 0 Å². The zero-order valence-corrected chi connectivity index (χ0v) is 13.5. The number of fused-ring (bicyclic) bond motifs is 2. The number of amides is 1. The highest BCUT2D eigenvalue weighted by atomic mass is 16.3. The van der Waals surface area contributed by atoms with Gasteiger partial charge in [0.05, 0.1) is 0 Å². The summed E-state index contributed by atoms with van der Waals surface area (Å²) in [5.41, 5.74) is 0.929. The highest BCUT2D eigenvalue weighted by molar-refractivity contribution is 5.91. The van der Waals surface area contributed by atoms with Gasteiger partial charge in [0.25, 0.3) is 5.91 Å². The molecule has 0 radical (unpaired) electrons. The number of furan rings is 1. The van der Waals surface area contributed by atoms with Crippen LogP contribution in [-0.2, 0) is 0 Å². The van der Waals surface area contributed by atoms with E-state index >= 15 is 0 Å². The Balaban J connectivity index is 1.46. The van der Waals surface area contributed by atoms with Crippen LogP contribution >= 0.6 is 0 Å². The summed E-state index contributed by atoms with van der Waals surface area (Å²) in [6, 6.07) is 13.3. The molecule has 1 amide bonds. The summed E-state index contributed by atoms with van der Waals surface area (Å²) in [5.74, 6) is 8.06. The monoisotopic (exact) mass is 320 g/mol. The average molecular weight is 320 g/mol. The second-order valence-electron chi connectivity index (χ2n) is 6.62. The number of likely N-dealkylation sites (tertiary alicyclic amines) is 1. The fourth-order valence-electron chi connectivity index (χ4n) is 3.60. The van der Waals surface area contributed by atoms with E-state index in [1.54, 1.807) is 12.1 Å². The quantitative estimate of drug-likeness (QED) is 0.821. The van der Waals surface area contributed by atoms with Gasteiger partial charge in [-0.1, -0.05) is 24.1 Å². The molecule has 4 nitrogen and oxygen atoms in total. The predicted octanol–water partition coefficient (Wildman–Crippen LogP) is 2.36. The summed E-state index contributed by atoms with van der Waals surface area (Å²) in [6.45, 7) is 3.64. The van der Waals surface area contributed by atoms with E-state index in [2.05, 4.69) is 17.2 Å². The first-order valence-corrected chi connectivity index (χ1v) is 8.45. The van der Waals surface area contributed by atoms with Crippen molar-refractivity contribution in [1.82, 2.24) is 10.2 Å². The van der Waals surface area contributed by atoms with Crippen molar-refractivity contribution < 1.29 is 9.21 Å². The van der Waals surface area contributed by atoms with E-state index in [9.17, 15) is 4.79 Å². The van der Waals surface area contributed by atoms with E-state index in [-0.39, 0.29) is 5.91 Å². The van der Waals surface area contributed by atoms with Gasteiger partial charge in [-0.25, -0.2) is 0 Å². The molecule has 2 bridgehead atoms. The SMILES string of the molecule is O=C(c1ccc(C#Cc2ccccc2)o1)N1CC2CNCC(C2)C1. The third kappa shape index (κ3) is 3.22. The molecular weight excluding hydrogens is 300 g/mol. The molecule has 2 saturated heterocycles. The number of nitrogens with one attached hydrogen (secondary N) is 1. The normalized spacial score (nSPS) is 22.6. The minimum atomic E-state index is -0.0145. The van der Waals surface area contributed by atoms with Crippen LogP contribution in [0.1, 0.15) is 28.3 Å². The van der Waals surface area contributed by atoms with E-state index in [0.29, 0.717) is 23.4 Å². The standard InChI is InChI=1S/C20H20N2O2/c23-20(22-13-16-10-17(14-22)12-21-11-16)19-9-8-18(24-19)7-6-15-4-2-1-3-5-15/h1-5,8-9,16-17,21H,10-14H2. The molecular formula is C20H20N2O2. The van der Waals surface area contributed by atoms with Crippen LogP contribution in [0.25, 0.3) is 0 Å². The van der Waals surface area contributed by atoms with E-state index < -0.39 is 0 Å². The Bertz CT molecular complexity index is 773. The zero-order chi connectivity index (χ0) is 16.4. The van der Waals surface area contributed by atoms with Crippen LogP contribution in [0, 0.1) is 23.7 Å². The van der Waals surface area contributed by atoms with Gasteiger partial charge in [0.2, 0.25) is 0 Å². The lowest BCUT2D eigenvalue weighted by Gasteiger charge is -2.41. The van der Waals surface area contributed by atoms with Gasteiger partial charge >= 0.3 is 0 Å². The van der Waals surface area contributed by atoms with Crippen molar-refractivity contribution in [3.05, 3.63) is 59.5 Å². The lowest BCUT2D eigenvalue weighted by Crippen LogP contribution is -2.52. The van der Waals surface area contributed by atoms with E-state index in [0.717, 1.165) is 31.7 Å². The summed E-state index contributed by atoms with van der Waals surface area (Å²) >= 11 is 0. The molecule has 0 saturated carbocycles. The first-order valence-electron chi connectivity index (χ1n) is 8.45. The predicted molar refractivity (Wildman–Crippen MR) is 91.5 cm³/mol. The van der Waals surface area contributed by atoms with Gasteiger partial charge in [-0.05, 0) is 61.5 Å². The molecule has 0 spiro atoms. The van der Waals surface area contributed by atoms with Gasteiger partial charge in [0.15, 0.2) is 11.5 Å². The van der Waals surface area contributed by atoms with Gasteiger partial charge in [-0.2, -0.15) is 0 Å². The summed E-state index contributed by atoms with van der Waals surface area (Å²) in [5, 5.41) is 3.44. The Labute approximate surface area is 141 Å². The number of carbonyl (C=O) groups excluding carboxylic acids is 1. The summed E-state index contributed by atoms with van der Waals surface area (Å²) < 4.78 is 5.66. The Morgan fingerprint density at radius 1 is 1.04 bits per heavy atom. The highest BCUT2D eigenvalue weighted by Gasteiger charge is 2.33. The first kappa shape index (κ1) is 15.0. The number of nitrogens with zero attached hydrogens (tertiary/aromatic N) is 1. The van der Waals surface area contributed by atoms with Gasteiger partial charge in [-0.3, -0.25) is 4.79 Å². The largest absolute Gasteiger partial charge is 0.443 e. The van der Waals surface area contributed by atoms with Crippen LogP contribution in [0.4, 0.5) is 0 Å². The topological polar surface area (TPSA) is 45.5 Å². The summed E-state index contributed by atoms with van der Waals surface area (Å²) in [6.07, 6.45) is 1.22. The summed E-state index contributed by atoms with van der Waals surface area (Å²) in [4.78, 5) is 14.6. The fourth-order valence-corrected chi connectivity index (χ4v) is 3.60. The van der Waals surface area contributed by atoms with Crippen molar-refractivity contribution in [2.75, 3.05) is 26.2 Å². The number of piperidine rings is 2. The van der Waals surface area contributed by atoms with Gasteiger partial charge in [0, 0.05) is 18.7 Å². The number of rotatable bonds is 1. The summed E-state index contributed by atoms with van der Waals surface area (Å²) in [7, 11) is 0. The Morgan fingerprint density at radius 2 is 1.79 bits per heavy atom. The maximum Gasteiger partial charge on any atom is 0.289 e. The van der Waals surface area contributed by atoms with Gasteiger partial charge in [0.1, 0.15) is 0 Å². The van der Waals surface area contributed by atoms with Crippen molar-refractivity contribution in [2.45, 2.75) is 6.42 Å². The van der Waals surface area contributed by atoms with Crippen LogP contribution in [0.3, 0.4) is 0 Å². The number of hydrogen-bond acceptors (Lipinski definition) is 3. The van der Waals surface area contributed by atoms with Crippen LogP contribution in [0.2, 0.25) is 0 Å². The fraction of sp³-hybridized carbons (Fsp3) is 0.350. The molecule has 4 heteroatoms. The maximum atomic E-state index is 12.7. The van der Waals surface area contributed by atoms with Crippen LogP contribution in [0.15, 0.2) is 46.9 Å². The Hall–Kier alpha value is -2.51. The second kappa shape index (κ2) is 6.54. The second-order valence-corrected chi connectivity index (χ2v) is 6.62. The highest BCUT2D eigenvalue weighted by Crippen LogP contribution is 2.25. The number of hydrogen-bond donors (Lipinski definition) is 1. The van der Waals surface area contributed by atoms with Crippen LogP contribution in [0.5, 0.6) is 0 Å². The number of benzene rings is 1. The molecule has 2 aromatic rings. The van der Waals surface area contributed by atoms with Crippen molar-refractivity contribution in [3.8, 4) is 11.8 Å². The maximum absolute atomic E-state index is 12.7. The third-order valence-electron chi connectivity index (χ3n) is 4.70. The molecule has 0 aliphatic carbocycles. The van der Waals surface area contributed by atoms with Crippen LogP contribution in [-0.4, -0.2) is 37.0 Å². The minimum Gasteiger partial charge on any atom is -0.443 e. The lowest BCUT2D eigenvalue weighted by molar-refractivity contribution is 0.0507. The zero-order valence-electron chi connectivity index (χ0n) is 13.5. The molecule has 2 unspecified atom stereocenters. The third-order valence-corrected chi connectivity index (χ3v) is 4.70. The molecule has 2 fully saturated rings. The van der Waals surface area contributed by atoms with Crippen molar-refractivity contribution >= 4 is 5.91 Å². The van der Waals surface area contributed by atoms with Crippen molar-refractivity contribution in [2.24, 2.45) is 11.8 Å². The minimum absolute atomic E-state index is 0.0145. The Kier molecular flexibility index (Phi) is 4.10.